The second kappa shape index (κ2) is 7.43. The van der Waals surface area contributed by atoms with E-state index in [9.17, 15) is 4.79 Å². The molecule has 2 rings (SSSR count). The van der Waals surface area contributed by atoms with Gasteiger partial charge in [0, 0.05) is 28.7 Å². The number of aliphatic imine (C=N–C) groups is 1. The van der Waals surface area contributed by atoms with E-state index in [0.29, 0.717) is 17.2 Å². The maximum atomic E-state index is 12.9. The van der Waals surface area contributed by atoms with E-state index < -0.39 is 6.04 Å². The van der Waals surface area contributed by atoms with Gasteiger partial charge in [0.25, 0.3) is 0 Å². The van der Waals surface area contributed by atoms with E-state index in [1.165, 1.54) is 0 Å². The first-order valence-corrected chi connectivity index (χ1v) is 7.81. The zero-order valence-corrected chi connectivity index (χ0v) is 14.0. The lowest BCUT2D eigenvalue weighted by molar-refractivity contribution is -0.691. The highest BCUT2D eigenvalue weighted by Crippen LogP contribution is 2.20. The van der Waals surface area contributed by atoms with Gasteiger partial charge in [-0.3, -0.25) is 4.79 Å². The number of rotatable bonds is 5. The molecule has 1 heterocycles. The van der Waals surface area contributed by atoms with Crippen LogP contribution in [0.1, 0.15) is 23.3 Å². The summed E-state index contributed by atoms with van der Waals surface area (Å²) in [6.07, 6.45) is 3.66. The predicted molar refractivity (Wildman–Crippen MR) is 89.5 cm³/mol. The van der Waals surface area contributed by atoms with Gasteiger partial charge in [0.05, 0.1) is 0 Å². The van der Waals surface area contributed by atoms with E-state index in [4.69, 9.17) is 12.6 Å². The molecule has 0 amide bonds. The van der Waals surface area contributed by atoms with Crippen molar-refractivity contribution in [3.05, 3.63) is 64.9 Å². The summed E-state index contributed by atoms with van der Waals surface area (Å²) < 4.78 is 2.55. The molecule has 108 valence electrons. The summed E-state index contributed by atoms with van der Waals surface area (Å²) in [5.74, 6) is -0.0686. The van der Waals surface area contributed by atoms with Gasteiger partial charge in [-0.1, -0.05) is 34.1 Å². The SMILES string of the molecule is CCN=C([S-])C(C(=O)c1ccccc1Br)[n+]1ccccc1. The lowest BCUT2D eigenvalue weighted by Gasteiger charge is -2.18. The van der Waals surface area contributed by atoms with Gasteiger partial charge in [0.15, 0.2) is 12.4 Å². The lowest BCUT2D eigenvalue weighted by atomic mass is 10.0. The van der Waals surface area contributed by atoms with Crippen molar-refractivity contribution in [1.82, 2.24) is 0 Å². The molecular weight excluding hydrogens is 348 g/mol. The van der Waals surface area contributed by atoms with E-state index in [0.717, 1.165) is 4.47 Å². The molecule has 0 aliphatic carbocycles. The summed E-state index contributed by atoms with van der Waals surface area (Å²) in [4.78, 5) is 17.1. The van der Waals surface area contributed by atoms with E-state index in [1.54, 1.807) is 10.6 Å². The summed E-state index contributed by atoms with van der Waals surface area (Å²) in [6.45, 7) is 2.47. The quantitative estimate of drug-likeness (QED) is 0.269. The molecule has 0 bridgehead atoms. The number of benzene rings is 1. The van der Waals surface area contributed by atoms with Crippen molar-refractivity contribution in [2.75, 3.05) is 6.54 Å². The van der Waals surface area contributed by atoms with Gasteiger partial charge in [0.1, 0.15) is 0 Å². The van der Waals surface area contributed by atoms with Crippen LogP contribution < -0.4 is 4.57 Å². The number of hydrogen-bond acceptors (Lipinski definition) is 3. The van der Waals surface area contributed by atoms with Crippen LogP contribution in [0.15, 0.2) is 64.3 Å². The Morgan fingerprint density at radius 3 is 2.52 bits per heavy atom. The van der Waals surface area contributed by atoms with Crippen molar-refractivity contribution < 1.29 is 9.36 Å². The topological polar surface area (TPSA) is 33.3 Å². The summed E-state index contributed by atoms with van der Waals surface area (Å²) in [6, 6.07) is 12.4. The third-order valence-corrected chi connectivity index (χ3v) is 4.02. The summed E-state index contributed by atoms with van der Waals surface area (Å²) in [5, 5.41) is 0.398. The number of nitrogens with zero attached hydrogens (tertiary/aromatic N) is 2. The predicted octanol–water partition coefficient (Wildman–Crippen LogP) is 3.13. The molecule has 0 aliphatic heterocycles. The first-order valence-electron chi connectivity index (χ1n) is 6.61. The van der Waals surface area contributed by atoms with Crippen molar-refractivity contribution in [3.8, 4) is 0 Å². The maximum Gasteiger partial charge on any atom is 0.237 e. The third-order valence-electron chi connectivity index (χ3n) is 2.97. The smallest absolute Gasteiger partial charge is 0.237 e. The monoisotopic (exact) mass is 362 g/mol. The number of hydrogen-bond donors (Lipinski definition) is 0. The van der Waals surface area contributed by atoms with Crippen LogP contribution in [0.25, 0.3) is 0 Å². The zero-order valence-electron chi connectivity index (χ0n) is 11.6. The first kappa shape index (κ1) is 15.8. The highest BCUT2D eigenvalue weighted by molar-refractivity contribution is 9.10. The molecule has 1 aromatic heterocycles. The van der Waals surface area contributed by atoms with Crippen LogP contribution in [-0.2, 0) is 12.6 Å². The first-order chi connectivity index (χ1) is 10.1. The molecule has 0 saturated carbocycles. The molecule has 0 saturated heterocycles. The minimum atomic E-state index is -0.597. The molecule has 0 N–H and O–H groups in total. The minimum Gasteiger partial charge on any atom is -0.758 e. The van der Waals surface area contributed by atoms with Crippen molar-refractivity contribution in [1.29, 1.82) is 0 Å². The molecule has 0 fully saturated rings. The molecule has 21 heavy (non-hydrogen) atoms. The molecule has 1 aromatic carbocycles. The van der Waals surface area contributed by atoms with Crippen LogP contribution in [0.4, 0.5) is 0 Å². The molecule has 2 aromatic rings. The number of Topliss-reactive ketones (excluding diaryl/α,β-unsaturated/α-hetero) is 1. The Morgan fingerprint density at radius 2 is 1.90 bits per heavy atom. The average molecular weight is 363 g/mol. The summed E-state index contributed by atoms with van der Waals surface area (Å²) >= 11 is 8.77. The third kappa shape index (κ3) is 3.74. The minimum absolute atomic E-state index is 0.0686. The van der Waals surface area contributed by atoms with Gasteiger partial charge in [-0.25, -0.2) is 0 Å². The van der Waals surface area contributed by atoms with Crippen molar-refractivity contribution in [2.45, 2.75) is 13.0 Å². The van der Waals surface area contributed by atoms with Gasteiger partial charge in [-0.05, 0) is 24.1 Å². The Kier molecular flexibility index (Phi) is 5.59. The number of pyridine rings is 1. The number of ketones is 1. The Labute approximate surface area is 138 Å². The van der Waals surface area contributed by atoms with E-state index in [1.807, 2.05) is 55.7 Å². The average Bonchev–Trinajstić information content (AvgIpc) is 2.49. The van der Waals surface area contributed by atoms with Crippen molar-refractivity contribution in [2.24, 2.45) is 4.99 Å². The molecule has 3 nitrogen and oxygen atoms in total. The molecule has 0 radical (unpaired) electrons. The van der Waals surface area contributed by atoms with Crippen molar-refractivity contribution >= 4 is 39.4 Å². The molecule has 0 aliphatic rings. The van der Waals surface area contributed by atoms with E-state index in [2.05, 4.69) is 20.9 Å². The van der Waals surface area contributed by atoms with E-state index in [-0.39, 0.29) is 5.78 Å². The number of carbonyl (C=O) groups excluding carboxylic acids is 1. The number of carbonyl (C=O) groups is 1. The number of halogens is 1. The fourth-order valence-corrected chi connectivity index (χ4v) is 2.85. The number of aromatic nitrogens is 1. The fraction of sp³-hybridized carbons (Fsp3) is 0.188. The lowest BCUT2D eigenvalue weighted by Crippen LogP contribution is -2.47. The zero-order chi connectivity index (χ0) is 15.2. The highest BCUT2D eigenvalue weighted by Gasteiger charge is 2.29. The molecule has 1 atom stereocenters. The van der Waals surface area contributed by atoms with Crippen LogP contribution in [0.3, 0.4) is 0 Å². The molecular formula is C16H15BrN2OS. The second-order valence-corrected chi connectivity index (χ2v) is 5.65. The fourth-order valence-electron chi connectivity index (χ4n) is 2.01. The van der Waals surface area contributed by atoms with Crippen LogP contribution in [0.2, 0.25) is 0 Å². The van der Waals surface area contributed by atoms with Gasteiger partial charge >= 0.3 is 0 Å². The van der Waals surface area contributed by atoms with E-state index >= 15 is 0 Å². The van der Waals surface area contributed by atoms with Gasteiger partial charge in [0.2, 0.25) is 11.8 Å². The standard InChI is InChI=1S/C16H15BrN2OS/c1-2-18-16(21)14(19-10-6-3-7-11-19)15(20)12-8-4-5-9-13(12)17/h3-11,14H,2H2,1H3. The Morgan fingerprint density at radius 1 is 1.24 bits per heavy atom. The van der Waals surface area contributed by atoms with Crippen LogP contribution >= 0.6 is 15.9 Å². The summed E-state index contributed by atoms with van der Waals surface area (Å²) in [7, 11) is 0. The van der Waals surface area contributed by atoms with Gasteiger partial charge < -0.3 is 17.6 Å². The van der Waals surface area contributed by atoms with Crippen LogP contribution in [0, 0.1) is 0 Å². The van der Waals surface area contributed by atoms with Crippen molar-refractivity contribution in [3.63, 3.8) is 0 Å². The molecule has 0 spiro atoms. The largest absolute Gasteiger partial charge is 0.758 e. The van der Waals surface area contributed by atoms with Crippen LogP contribution in [0.5, 0.6) is 0 Å². The maximum absolute atomic E-state index is 12.9. The van der Waals surface area contributed by atoms with Crippen LogP contribution in [-0.4, -0.2) is 17.4 Å². The molecule has 1 unspecified atom stereocenters. The summed E-state index contributed by atoms with van der Waals surface area (Å²) in [5.41, 5.74) is 0.604. The Balaban J connectivity index is 2.48. The molecule has 5 heteroatoms. The Bertz CT molecular complexity index is 658. The second-order valence-electron chi connectivity index (χ2n) is 4.38. The normalized spacial score (nSPS) is 13.0. The van der Waals surface area contributed by atoms with Gasteiger partial charge in [-0.15, -0.1) is 0 Å². The van der Waals surface area contributed by atoms with Gasteiger partial charge in [-0.2, -0.15) is 4.57 Å². The highest BCUT2D eigenvalue weighted by atomic mass is 79.9. The Hall–Kier alpha value is -1.59.